The third kappa shape index (κ3) is 9.90. The fourth-order valence-electron chi connectivity index (χ4n) is 1.45. The van der Waals surface area contributed by atoms with Gasteiger partial charge in [-0.1, -0.05) is 51.9 Å². The van der Waals surface area contributed by atoms with E-state index in [1.165, 1.54) is 38.5 Å². The van der Waals surface area contributed by atoms with Crippen LogP contribution in [0.1, 0.15) is 64.7 Å². The van der Waals surface area contributed by atoms with Gasteiger partial charge < -0.3 is 4.18 Å². The summed E-state index contributed by atoms with van der Waals surface area (Å²) in [5.41, 5.74) is 0. The Morgan fingerprint density at radius 1 is 1.00 bits per heavy atom. The standard InChI is InChI=1S/C11H22O2S/c1-2-3-4-5-6-7-8-9-10-11(12)13-14/h14H,2-10H2,1H3. The number of hydrogen-bond acceptors (Lipinski definition) is 3. The van der Waals surface area contributed by atoms with Gasteiger partial charge >= 0.3 is 5.97 Å². The van der Waals surface area contributed by atoms with E-state index in [4.69, 9.17) is 0 Å². The predicted molar refractivity (Wildman–Crippen MR) is 62.3 cm³/mol. The van der Waals surface area contributed by atoms with E-state index in [0.29, 0.717) is 6.42 Å². The zero-order chi connectivity index (χ0) is 10.6. The molecule has 0 spiro atoms. The van der Waals surface area contributed by atoms with Gasteiger partial charge in [-0.3, -0.25) is 4.79 Å². The first-order valence-corrected chi connectivity index (χ1v) is 6.02. The highest BCUT2D eigenvalue weighted by molar-refractivity contribution is 7.75. The second-order valence-corrected chi connectivity index (χ2v) is 3.87. The van der Waals surface area contributed by atoms with Crippen molar-refractivity contribution in [3.63, 3.8) is 0 Å². The molecule has 0 N–H and O–H groups in total. The molecule has 3 heteroatoms. The molecule has 0 saturated carbocycles. The number of hydrogen-bond donors (Lipinski definition) is 1. The Morgan fingerprint density at radius 2 is 1.50 bits per heavy atom. The van der Waals surface area contributed by atoms with E-state index in [0.717, 1.165) is 12.8 Å². The van der Waals surface area contributed by atoms with Crippen molar-refractivity contribution in [2.45, 2.75) is 64.7 Å². The van der Waals surface area contributed by atoms with E-state index in [-0.39, 0.29) is 5.97 Å². The second kappa shape index (κ2) is 10.9. The zero-order valence-electron chi connectivity index (χ0n) is 9.13. The van der Waals surface area contributed by atoms with Gasteiger partial charge in [0.1, 0.15) is 0 Å². The van der Waals surface area contributed by atoms with Crippen LogP contribution in [0.15, 0.2) is 0 Å². The van der Waals surface area contributed by atoms with Gasteiger partial charge in [0, 0.05) is 19.3 Å². The molecule has 0 aliphatic rings. The average molecular weight is 218 g/mol. The predicted octanol–water partition coefficient (Wildman–Crippen LogP) is 3.91. The zero-order valence-corrected chi connectivity index (χ0v) is 10.0. The van der Waals surface area contributed by atoms with Crippen LogP contribution in [0.3, 0.4) is 0 Å². The molecule has 0 unspecified atom stereocenters. The Morgan fingerprint density at radius 3 is 2.00 bits per heavy atom. The number of carbonyl (C=O) groups excluding carboxylic acids is 1. The molecular weight excluding hydrogens is 196 g/mol. The first-order chi connectivity index (χ1) is 6.81. The van der Waals surface area contributed by atoms with E-state index in [9.17, 15) is 4.79 Å². The lowest BCUT2D eigenvalue weighted by atomic mass is 10.1. The van der Waals surface area contributed by atoms with E-state index < -0.39 is 0 Å². The van der Waals surface area contributed by atoms with Crippen molar-refractivity contribution < 1.29 is 8.98 Å². The fourth-order valence-corrected chi connectivity index (χ4v) is 1.54. The highest BCUT2D eigenvalue weighted by Crippen LogP contribution is 2.09. The molecule has 0 aromatic heterocycles. The lowest BCUT2D eigenvalue weighted by Crippen LogP contribution is -1.95. The van der Waals surface area contributed by atoms with Gasteiger partial charge in [-0.15, -0.1) is 0 Å². The summed E-state index contributed by atoms with van der Waals surface area (Å²) >= 11 is 3.45. The first-order valence-electron chi connectivity index (χ1n) is 5.65. The quantitative estimate of drug-likeness (QED) is 0.361. The van der Waals surface area contributed by atoms with Gasteiger partial charge in [0.2, 0.25) is 0 Å². The Bertz CT molecular complexity index is 137. The molecule has 0 atom stereocenters. The van der Waals surface area contributed by atoms with Gasteiger partial charge in [-0.25, -0.2) is 0 Å². The van der Waals surface area contributed by atoms with Crippen LogP contribution in [0.2, 0.25) is 0 Å². The average Bonchev–Trinajstić information content (AvgIpc) is 2.21. The van der Waals surface area contributed by atoms with Crippen molar-refractivity contribution in [3.8, 4) is 0 Å². The first kappa shape index (κ1) is 13.8. The Balaban J connectivity index is 2.95. The molecule has 0 aromatic rings. The van der Waals surface area contributed by atoms with Crippen molar-refractivity contribution >= 4 is 18.9 Å². The fraction of sp³-hybridized carbons (Fsp3) is 0.909. The van der Waals surface area contributed by atoms with Crippen molar-refractivity contribution in [3.05, 3.63) is 0 Å². The summed E-state index contributed by atoms with van der Waals surface area (Å²) < 4.78 is 4.27. The molecule has 0 aromatic carbocycles. The second-order valence-electron chi connectivity index (χ2n) is 3.69. The third-order valence-corrected chi connectivity index (χ3v) is 2.54. The molecular formula is C11H22O2S. The number of carbonyl (C=O) groups is 1. The molecule has 2 nitrogen and oxygen atoms in total. The van der Waals surface area contributed by atoms with Gasteiger partial charge in [-0.2, -0.15) is 0 Å². The van der Waals surface area contributed by atoms with E-state index in [2.05, 4.69) is 24.0 Å². The maximum absolute atomic E-state index is 10.7. The Hall–Kier alpha value is -0.180. The maximum atomic E-state index is 10.7. The van der Waals surface area contributed by atoms with Crippen LogP contribution in [0.5, 0.6) is 0 Å². The molecule has 0 heterocycles. The lowest BCUT2D eigenvalue weighted by Gasteiger charge is -2.00. The molecule has 0 amide bonds. The maximum Gasteiger partial charge on any atom is 0.317 e. The van der Waals surface area contributed by atoms with Crippen LogP contribution in [0.25, 0.3) is 0 Å². The molecule has 0 saturated heterocycles. The van der Waals surface area contributed by atoms with Gasteiger partial charge in [-0.05, 0) is 6.42 Å². The molecule has 0 bridgehead atoms. The van der Waals surface area contributed by atoms with Crippen molar-refractivity contribution in [1.82, 2.24) is 0 Å². The van der Waals surface area contributed by atoms with E-state index in [1.807, 2.05) is 0 Å². The van der Waals surface area contributed by atoms with Gasteiger partial charge in [0.05, 0.1) is 0 Å². The van der Waals surface area contributed by atoms with Crippen LogP contribution < -0.4 is 0 Å². The molecule has 0 aliphatic heterocycles. The highest BCUT2D eigenvalue weighted by atomic mass is 32.1. The highest BCUT2D eigenvalue weighted by Gasteiger charge is 1.99. The number of thiol groups is 1. The van der Waals surface area contributed by atoms with Crippen LogP contribution in [0, 0.1) is 0 Å². The largest absolute Gasteiger partial charge is 0.395 e. The van der Waals surface area contributed by atoms with Crippen LogP contribution >= 0.6 is 12.9 Å². The minimum absolute atomic E-state index is 0.209. The summed E-state index contributed by atoms with van der Waals surface area (Å²) in [6.07, 6.45) is 10.5. The monoisotopic (exact) mass is 218 g/mol. The van der Waals surface area contributed by atoms with Gasteiger partial charge in [0.15, 0.2) is 0 Å². The van der Waals surface area contributed by atoms with Crippen LogP contribution in [-0.4, -0.2) is 5.97 Å². The van der Waals surface area contributed by atoms with E-state index in [1.54, 1.807) is 0 Å². The summed E-state index contributed by atoms with van der Waals surface area (Å²) in [5, 5.41) is 0. The summed E-state index contributed by atoms with van der Waals surface area (Å²) in [5.74, 6) is -0.209. The summed E-state index contributed by atoms with van der Waals surface area (Å²) in [4.78, 5) is 10.7. The minimum Gasteiger partial charge on any atom is -0.395 e. The molecule has 84 valence electrons. The molecule has 0 rings (SSSR count). The SMILES string of the molecule is CCCCCCCCCCC(=O)OS. The van der Waals surface area contributed by atoms with Crippen molar-refractivity contribution in [2.24, 2.45) is 0 Å². The van der Waals surface area contributed by atoms with Crippen molar-refractivity contribution in [1.29, 1.82) is 0 Å². The smallest absolute Gasteiger partial charge is 0.317 e. The lowest BCUT2D eigenvalue weighted by molar-refractivity contribution is -0.132. The Kier molecular flexibility index (Phi) is 10.8. The molecule has 0 aliphatic carbocycles. The van der Waals surface area contributed by atoms with Crippen molar-refractivity contribution in [2.75, 3.05) is 0 Å². The number of unbranched alkanes of at least 4 members (excludes halogenated alkanes) is 7. The van der Waals surface area contributed by atoms with Crippen LogP contribution in [0.4, 0.5) is 0 Å². The van der Waals surface area contributed by atoms with Crippen LogP contribution in [-0.2, 0) is 8.98 Å². The van der Waals surface area contributed by atoms with Gasteiger partial charge in [0.25, 0.3) is 0 Å². The van der Waals surface area contributed by atoms with E-state index >= 15 is 0 Å². The normalized spacial score (nSPS) is 10.1. The summed E-state index contributed by atoms with van der Waals surface area (Å²) in [6.45, 7) is 2.23. The Labute approximate surface area is 93.0 Å². The third-order valence-electron chi connectivity index (χ3n) is 2.34. The topological polar surface area (TPSA) is 26.3 Å². The summed E-state index contributed by atoms with van der Waals surface area (Å²) in [7, 11) is 0. The molecule has 14 heavy (non-hydrogen) atoms. The molecule has 0 radical (unpaired) electrons. The minimum atomic E-state index is -0.209. The summed E-state index contributed by atoms with van der Waals surface area (Å²) in [6, 6.07) is 0. The number of rotatable bonds is 9. The molecule has 0 fully saturated rings.